The van der Waals surface area contributed by atoms with Crippen LogP contribution < -0.4 is 5.73 Å². The van der Waals surface area contributed by atoms with Gasteiger partial charge in [0.05, 0.1) is 5.56 Å². The number of anilines is 1. The maximum atomic E-state index is 13.7. The molecule has 0 unspecified atom stereocenters. The Bertz CT molecular complexity index is 671. The van der Waals surface area contributed by atoms with Crippen LogP contribution in [-0.2, 0) is 6.54 Å². The van der Waals surface area contributed by atoms with Crippen LogP contribution in [0.5, 0.6) is 0 Å². The van der Waals surface area contributed by atoms with Crippen LogP contribution in [0.1, 0.15) is 15.9 Å². The monoisotopic (exact) mass is 310 g/mol. The van der Waals surface area contributed by atoms with Crippen molar-refractivity contribution in [2.75, 3.05) is 12.8 Å². The molecule has 110 valence electrons. The van der Waals surface area contributed by atoms with Crippen molar-refractivity contribution in [1.82, 2.24) is 4.90 Å². The van der Waals surface area contributed by atoms with Crippen molar-refractivity contribution in [1.29, 1.82) is 0 Å². The Morgan fingerprint density at radius 2 is 2.00 bits per heavy atom. The molecule has 3 nitrogen and oxygen atoms in total. The Hall–Kier alpha value is -2.14. The van der Waals surface area contributed by atoms with Crippen LogP contribution in [0.2, 0.25) is 5.02 Å². The van der Waals surface area contributed by atoms with Gasteiger partial charge in [-0.1, -0.05) is 17.7 Å². The van der Waals surface area contributed by atoms with Crippen LogP contribution >= 0.6 is 11.6 Å². The second-order valence-electron chi connectivity index (χ2n) is 4.59. The van der Waals surface area contributed by atoms with E-state index in [0.717, 1.165) is 6.07 Å². The number of benzene rings is 2. The molecule has 2 aromatic rings. The van der Waals surface area contributed by atoms with E-state index >= 15 is 0 Å². The molecule has 0 spiro atoms. The normalized spacial score (nSPS) is 10.5. The molecule has 0 heterocycles. The summed E-state index contributed by atoms with van der Waals surface area (Å²) in [6, 6.07) is 7.81. The molecule has 0 fully saturated rings. The highest BCUT2D eigenvalue weighted by Crippen LogP contribution is 2.22. The standard InChI is InChI=1S/C15H13ClF2N2O/c1-20(8-11-12(16)3-2-4-13(11)18)15(21)10-7-9(17)5-6-14(10)19/h2-7H,8,19H2,1H3. The van der Waals surface area contributed by atoms with E-state index in [1.54, 1.807) is 0 Å². The number of nitrogens with zero attached hydrogens (tertiary/aromatic N) is 1. The van der Waals surface area contributed by atoms with Gasteiger partial charge in [0.25, 0.3) is 5.91 Å². The fourth-order valence-corrected chi connectivity index (χ4v) is 2.13. The molecule has 0 aromatic heterocycles. The van der Waals surface area contributed by atoms with Crippen LogP contribution in [0.4, 0.5) is 14.5 Å². The van der Waals surface area contributed by atoms with Gasteiger partial charge in [-0.05, 0) is 30.3 Å². The molecule has 2 aromatic carbocycles. The Labute approximate surface area is 125 Å². The lowest BCUT2D eigenvalue weighted by Gasteiger charge is -2.19. The second kappa shape index (κ2) is 6.10. The van der Waals surface area contributed by atoms with Crippen molar-refractivity contribution in [3.8, 4) is 0 Å². The Morgan fingerprint density at radius 1 is 1.29 bits per heavy atom. The number of hydrogen-bond donors (Lipinski definition) is 1. The van der Waals surface area contributed by atoms with Crippen LogP contribution in [0.25, 0.3) is 0 Å². The number of halogens is 3. The van der Waals surface area contributed by atoms with Crippen LogP contribution in [0, 0.1) is 11.6 Å². The number of nitrogens with two attached hydrogens (primary N) is 1. The first kappa shape index (κ1) is 15.3. The molecular formula is C15H13ClF2N2O. The van der Waals surface area contributed by atoms with Gasteiger partial charge < -0.3 is 10.6 Å². The summed E-state index contributed by atoms with van der Waals surface area (Å²) in [5.74, 6) is -1.58. The SMILES string of the molecule is CN(Cc1c(F)cccc1Cl)C(=O)c1cc(F)ccc1N. The highest BCUT2D eigenvalue weighted by Gasteiger charge is 2.18. The predicted molar refractivity (Wildman–Crippen MR) is 78.0 cm³/mol. The molecule has 0 aliphatic rings. The third-order valence-corrected chi connectivity index (χ3v) is 3.40. The minimum atomic E-state index is -0.565. The summed E-state index contributed by atoms with van der Waals surface area (Å²) in [5.41, 5.74) is 6.06. The zero-order valence-corrected chi connectivity index (χ0v) is 12.0. The molecular weight excluding hydrogens is 298 g/mol. The number of hydrogen-bond acceptors (Lipinski definition) is 2. The molecule has 21 heavy (non-hydrogen) atoms. The molecule has 0 atom stereocenters. The van der Waals surface area contributed by atoms with E-state index in [1.807, 2.05) is 0 Å². The third kappa shape index (κ3) is 3.31. The summed E-state index contributed by atoms with van der Waals surface area (Å²) < 4.78 is 26.9. The highest BCUT2D eigenvalue weighted by atomic mass is 35.5. The first-order valence-corrected chi connectivity index (χ1v) is 6.51. The maximum absolute atomic E-state index is 13.7. The van der Waals surface area contributed by atoms with Gasteiger partial charge in [0.1, 0.15) is 11.6 Å². The first-order valence-electron chi connectivity index (χ1n) is 6.13. The Morgan fingerprint density at radius 3 is 2.67 bits per heavy atom. The highest BCUT2D eigenvalue weighted by molar-refractivity contribution is 6.31. The minimum absolute atomic E-state index is 0.0324. The zero-order valence-electron chi connectivity index (χ0n) is 11.2. The van der Waals surface area contributed by atoms with E-state index in [0.29, 0.717) is 0 Å². The average Bonchev–Trinajstić information content (AvgIpc) is 2.44. The number of carbonyl (C=O) groups is 1. The average molecular weight is 311 g/mol. The molecule has 0 aliphatic heterocycles. The molecule has 0 radical (unpaired) electrons. The van der Waals surface area contributed by atoms with Gasteiger partial charge in [-0.25, -0.2) is 8.78 Å². The number of carbonyl (C=O) groups excluding carboxylic acids is 1. The van der Waals surface area contributed by atoms with E-state index < -0.39 is 17.5 Å². The molecule has 2 N–H and O–H groups in total. The summed E-state index contributed by atoms with van der Waals surface area (Å²) in [5, 5.41) is 0.224. The maximum Gasteiger partial charge on any atom is 0.256 e. The predicted octanol–water partition coefficient (Wildman–Crippen LogP) is 3.47. The summed E-state index contributed by atoms with van der Waals surface area (Å²) in [6.07, 6.45) is 0. The number of rotatable bonds is 3. The van der Waals surface area contributed by atoms with E-state index in [4.69, 9.17) is 17.3 Å². The molecule has 1 amide bonds. The van der Waals surface area contributed by atoms with Crippen molar-refractivity contribution < 1.29 is 13.6 Å². The lowest BCUT2D eigenvalue weighted by atomic mass is 10.1. The summed E-state index contributed by atoms with van der Waals surface area (Å²) in [4.78, 5) is 13.5. The van der Waals surface area contributed by atoms with E-state index in [1.165, 1.54) is 42.3 Å². The molecule has 0 saturated carbocycles. The minimum Gasteiger partial charge on any atom is -0.398 e. The smallest absolute Gasteiger partial charge is 0.256 e. The van der Waals surface area contributed by atoms with Crippen molar-refractivity contribution >= 4 is 23.2 Å². The third-order valence-electron chi connectivity index (χ3n) is 3.05. The summed E-state index contributed by atoms with van der Waals surface area (Å²) >= 11 is 5.92. The van der Waals surface area contributed by atoms with Gasteiger partial charge in [0, 0.05) is 29.9 Å². The Balaban J connectivity index is 2.26. The quantitative estimate of drug-likeness (QED) is 0.882. The fourth-order valence-electron chi connectivity index (χ4n) is 1.91. The van der Waals surface area contributed by atoms with Gasteiger partial charge in [0.2, 0.25) is 0 Å². The van der Waals surface area contributed by atoms with Crippen molar-refractivity contribution in [2.24, 2.45) is 0 Å². The van der Waals surface area contributed by atoms with Gasteiger partial charge in [-0.2, -0.15) is 0 Å². The topological polar surface area (TPSA) is 46.3 Å². The zero-order chi connectivity index (χ0) is 15.6. The van der Waals surface area contributed by atoms with Crippen LogP contribution in [0.15, 0.2) is 36.4 Å². The van der Waals surface area contributed by atoms with Gasteiger partial charge in [0.15, 0.2) is 0 Å². The van der Waals surface area contributed by atoms with E-state index in [9.17, 15) is 13.6 Å². The van der Waals surface area contributed by atoms with Crippen LogP contribution in [-0.4, -0.2) is 17.9 Å². The number of nitrogen functional groups attached to an aromatic ring is 1. The van der Waals surface area contributed by atoms with Gasteiger partial charge >= 0.3 is 0 Å². The van der Waals surface area contributed by atoms with Crippen molar-refractivity contribution in [3.05, 3.63) is 64.2 Å². The van der Waals surface area contributed by atoms with Crippen molar-refractivity contribution in [3.63, 3.8) is 0 Å². The Kier molecular flexibility index (Phi) is 4.43. The number of amides is 1. The molecule has 2 rings (SSSR count). The molecule has 0 aliphatic carbocycles. The summed E-state index contributed by atoms with van der Waals surface area (Å²) in [7, 11) is 1.47. The van der Waals surface area contributed by atoms with E-state index in [-0.39, 0.29) is 28.4 Å². The largest absolute Gasteiger partial charge is 0.398 e. The lowest BCUT2D eigenvalue weighted by Crippen LogP contribution is -2.27. The molecule has 0 saturated heterocycles. The lowest BCUT2D eigenvalue weighted by molar-refractivity contribution is 0.0784. The molecule has 0 bridgehead atoms. The first-order chi connectivity index (χ1) is 9.90. The summed E-state index contributed by atoms with van der Waals surface area (Å²) in [6.45, 7) is -0.0414. The van der Waals surface area contributed by atoms with Gasteiger partial charge in [-0.15, -0.1) is 0 Å². The fraction of sp³-hybridized carbons (Fsp3) is 0.133. The van der Waals surface area contributed by atoms with Crippen LogP contribution in [0.3, 0.4) is 0 Å². The van der Waals surface area contributed by atoms with Crippen molar-refractivity contribution in [2.45, 2.75) is 6.54 Å². The van der Waals surface area contributed by atoms with Gasteiger partial charge in [-0.3, -0.25) is 4.79 Å². The second-order valence-corrected chi connectivity index (χ2v) is 5.00. The molecule has 6 heteroatoms. The van der Waals surface area contributed by atoms with E-state index in [2.05, 4.69) is 0 Å².